The number of aromatic nitrogens is 2. The molecule has 0 atom stereocenters. The Balaban J connectivity index is 1.79. The summed E-state index contributed by atoms with van der Waals surface area (Å²) in [5.74, 6) is 1.00. The standard InChI is InChI=1S/C17H32N4O3S/c1-16(2,3)14-20-21-15(24-14)19-13-9-7-12(8-10-13)11-18-25(22,23)17(4,5)6/h12-13,18H,7-11H2,1-6H3,(H,19,21)/t12-,13-. The maximum atomic E-state index is 12.1. The summed E-state index contributed by atoms with van der Waals surface area (Å²) in [5.41, 5.74) is -0.158. The van der Waals surface area contributed by atoms with E-state index in [0.29, 0.717) is 30.4 Å². The molecule has 0 aromatic carbocycles. The summed E-state index contributed by atoms with van der Waals surface area (Å²) in [6.45, 7) is 11.8. The van der Waals surface area contributed by atoms with Crippen LogP contribution in [0.1, 0.15) is 73.1 Å². The molecule has 1 aromatic rings. The Kier molecular flexibility index (Phi) is 5.83. The SMILES string of the molecule is CC(C)(C)c1nnc(N[C@H]2CC[C@H](CNS(=O)(=O)C(C)(C)C)CC2)o1. The smallest absolute Gasteiger partial charge is 0.315 e. The van der Waals surface area contributed by atoms with E-state index in [9.17, 15) is 8.42 Å². The third-order valence-corrected chi connectivity index (χ3v) is 6.77. The van der Waals surface area contributed by atoms with Crippen LogP contribution in [0.15, 0.2) is 4.42 Å². The fraction of sp³-hybridized carbons (Fsp3) is 0.882. The van der Waals surface area contributed by atoms with Crippen molar-refractivity contribution in [1.82, 2.24) is 14.9 Å². The molecule has 0 radical (unpaired) electrons. The van der Waals surface area contributed by atoms with Gasteiger partial charge >= 0.3 is 6.01 Å². The topological polar surface area (TPSA) is 97.1 Å². The second-order valence-electron chi connectivity index (χ2n) is 8.99. The monoisotopic (exact) mass is 372 g/mol. The van der Waals surface area contributed by atoms with E-state index >= 15 is 0 Å². The summed E-state index contributed by atoms with van der Waals surface area (Å²) in [6, 6.07) is 0.769. The van der Waals surface area contributed by atoms with Crippen LogP contribution in [-0.2, 0) is 15.4 Å². The molecule has 1 aromatic heterocycles. The highest BCUT2D eigenvalue weighted by Gasteiger charge is 2.30. The molecule has 0 unspecified atom stereocenters. The number of hydrogen-bond acceptors (Lipinski definition) is 6. The summed E-state index contributed by atoms with van der Waals surface area (Å²) in [5, 5.41) is 11.5. The van der Waals surface area contributed by atoms with Gasteiger partial charge in [-0.15, -0.1) is 5.10 Å². The predicted octanol–water partition coefficient (Wildman–Crippen LogP) is 3.06. The summed E-state index contributed by atoms with van der Waals surface area (Å²) < 4.78 is 31.9. The van der Waals surface area contributed by atoms with Gasteiger partial charge in [0.2, 0.25) is 15.9 Å². The predicted molar refractivity (Wildman–Crippen MR) is 99.0 cm³/mol. The highest BCUT2D eigenvalue weighted by atomic mass is 32.2. The zero-order chi connectivity index (χ0) is 18.9. The third-order valence-electron chi connectivity index (χ3n) is 4.61. The van der Waals surface area contributed by atoms with Gasteiger partial charge in [-0.2, -0.15) is 0 Å². The Morgan fingerprint density at radius 1 is 1.04 bits per heavy atom. The first kappa shape index (κ1) is 20.2. The van der Waals surface area contributed by atoms with Gasteiger partial charge in [0.05, 0.1) is 4.75 Å². The number of nitrogens with one attached hydrogen (secondary N) is 2. The summed E-state index contributed by atoms with van der Waals surface area (Å²) >= 11 is 0. The van der Waals surface area contributed by atoms with Gasteiger partial charge in [-0.3, -0.25) is 0 Å². The molecule has 1 fully saturated rings. The molecule has 0 aliphatic heterocycles. The van der Waals surface area contributed by atoms with Crippen LogP contribution < -0.4 is 10.0 Å². The van der Waals surface area contributed by atoms with Crippen molar-refractivity contribution in [3.05, 3.63) is 5.89 Å². The van der Waals surface area contributed by atoms with Crippen LogP contribution in [0.4, 0.5) is 6.01 Å². The first-order chi connectivity index (χ1) is 11.4. The van der Waals surface area contributed by atoms with Gasteiger partial charge < -0.3 is 9.73 Å². The minimum absolute atomic E-state index is 0.158. The van der Waals surface area contributed by atoms with Crippen molar-refractivity contribution in [3.63, 3.8) is 0 Å². The van der Waals surface area contributed by atoms with Crippen LogP contribution in [0.2, 0.25) is 0 Å². The Hall–Kier alpha value is -1.15. The fourth-order valence-electron chi connectivity index (χ4n) is 2.71. The Morgan fingerprint density at radius 2 is 1.64 bits per heavy atom. The Morgan fingerprint density at radius 3 is 2.12 bits per heavy atom. The van der Waals surface area contributed by atoms with Crippen molar-refractivity contribution < 1.29 is 12.8 Å². The van der Waals surface area contributed by atoms with E-state index in [4.69, 9.17) is 4.42 Å². The minimum Gasteiger partial charge on any atom is -0.408 e. The summed E-state index contributed by atoms with van der Waals surface area (Å²) in [4.78, 5) is 0. The van der Waals surface area contributed by atoms with Gasteiger partial charge in [-0.25, -0.2) is 13.1 Å². The number of hydrogen-bond donors (Lipinski definition) is 2. The van der Waals surface area contributed by atoms with Crippen LogP contribution in [0.25, 0.3) is 0 Å². The second kappa shape index (κ2) is 7.23. The molecule has 25 heavy (non-hydrogen) atoms. The maximum absolute atomic E-state index is 12.1. The molecule has 7 nitrogen and oxygen atoms in total. The van der Waals surface area contributed by atoms with Crippen LogP contribution in [0, 0.1) is 5.92 Å². The molecule has 0 saturated heterocycles. The number of rotatable bonds is 5. The average molecular weight is 373 g/mol. The van der Waals surface area contributed by atoms with Gasteiger partial charge in [-0.1, -0.05) is 25.9 Å². The zero-order valence-corrected chi connectivity index (χ0v) is 17.0. The highest BCUT2D eigenvalue weighted by Crippen LogP contribution is 2.28. The molecule has 0 bridgehead atoms. The van der Waals surface area contributed by atoms with E-state index < -0.39 is 14.8 Å². The largest absolute Gasteiger partial charge is 0.408 e. The van der Waals surface area contributed by atoms with Gasteiger partial charge in [0.1, 0.15) is 0 Å². The minimum atomic E-state index is -3.27. The van der Waals surface area contributed by atoms with E-state index in [1.54, 1.807) is 20.8 Å². The summed E-state index contributed by atoms with van der Waals surface area (Å²) in [6.07, 6.45) is 3.89. The van der Waals surface area contributed by atoms with E-state index in [1.165, 1.54) is 0 Å². The van der Waals surface area contributed by atoms with Gasteiger partial charge in [0.15, 0.2) is 0 Å². The van der Waals surface area contributed by atoms with Crippen molar-refractivity contribution in [3.8, 4) is 0 Å². The zero-order valence-electron chi connectivity index (χ0n) is 16.2. The van der Waals surface area contributed by atoms with Crippen LogP contribution in [-0.4, -0.2) is 35.9 Å². The number of anilines is 1. The van der Waals surface area contributed by atoms with E-state index in [1.807, 2.05) is 20.8 Å². The number of nitrogens with zero attached hydrogens (tertiary/aromatic N) is 2. The first-order valence-electron chi connectivity index (χ1n) is 8.98. The molecule has 1 aliphatic carbocycles. The summed E-state index contributed by atoms with van der Waals surface area (Å²) in [7, 11) is -3.27. The molecule has 1 heterocycles. The third kappa shape index (κ3) is 5.41. The first-order valence-corrected chi connectivity index (χ1v) is 10.5. The quantitative estimate of drug-likeness (QED) is 0.824. The van der Waals surface area contributed by atoms with E-state index in [0.717, 1.165) is 25.7 Å². The molecule has 2 N–H and O–H groups in total. The van der Waals surface area contributed by atoms with Gasteiger partial charge in [-0.05, 0) is 52.4 Å². The molecule has 8 heteroatoms. The van der Waals surface area contributed by atoms with Crippen LogP contribution in [0.5, 0.6) is 0 Å². The van der Waals surface area contributed by atoms with Crippen molar-refractivity contribution in [2.75, 3.05) is 11.9 Å². The number of sulfonamides is 1. The van der Waals surface area contributed by atoms with E-state index in [2.05, 4.69) is 20.2 Å². The van der Waals surface area contributed by atoms with Crippen molar-refractivity contribution in [2.45, 2.75) is 83.4 Å². The molecule has 0 amide bonds. The van der Waals surface area contributed by atoms with Crippen LogP contribution in [0.3, 0.4) is 0 Å². The lowest BCUT2D eigenvalue weighted by Crippen LogP contribution is -2.42. The normalized spacial score (nSPS) is 22.8. The molecule has 0 spiro atoms. The van der Waals surface area contributed by atoms with Gasteiger partial charge in [0.25, 0.3) is 0 Å². The molecule has 1 aliphatic rings. The van der Waals surface area contributed by atoms with Crippen LogP contribution >= 0.6 is 0 Å². The van der Waals surface area contributed by atoms with Crippen molar-refractivity contribution in [1.29, 1.82) is 0 Å². The molecule has 2 rings (SSSR count). The average Bonchev–Trinajstić information content (AvgIpc) is 2.94. The lowest BCUT2D eigenvalue weighted by Gasteiger charge is -2.29. The van der Waals surface area contributed by atoms with Gasteiger partial charge in [0, 0.05) is 18.0 Å². The second-order valence-corrected chi connectivity index (χ2v) is 11.5. The van der Waals surface area contributed by atoms with Crippen molar-refractivity contribution in [2.24, 2.45) is 5.92 Å². The molecular formula is C17H32N4O3S. The Bertz CT molecular complexity index is 663. The lowest BCUT2D eigenvalue weighted by atomic mass is 9.86. The fourth-order valence-corrected chi connectivity index (χ4v) is 3.60. The highest BCUT2D eigenvalue weighted by molar-refractivity contribution is 7.90. The van der Waals surface area contributed by atoms with Crippen molar-refractivity contribution >= 4 is 16.0 Å². The lowest BCUT2D eigenvalue weighted by molar-refractivity contribution is 0.330. The molecular weight excluding hydrogens is 340 g/mol. The maximum Gasteiger partial charge on any atom is 0.315 e. The van der Waals surface area contributed by atoms with E-state index in [-0.39, 0.29) is 5.41 Å². The molecule has 144 valence electrons. The molecule has 1 saturated carbocycles. The Labute approximate surface area is 151 Å².